The smallest absolute Gasteiger partial charge is 0.272 e. The fourth-order valence-corrected chi connectivity index (χ4v) is 3.16. The van der Waals surface area contributed by atoms with Gasteiger partial charge in [0.15, 0.2) is 16.4 Å². The molecule has 0 aliphatic heterocycles. The Bertz CT molecular complexity index is 996. The maximum atomic E-state index is 13.0. The number of sulfonamides is 1. The highest BCUT2D eigenvalue weighted by Gasteiger charge is 2.20. The summed E-state index contributed by atoms with van der Waals surface area (Å²) < 4.78 is 55.8. The maximum absolute atomic E-state index is 13.0. The number of nitrogens with one attached hydrogen (secondary N) is 1. The van der Waals surface area contributed by atoms with Gasteiger partial charge in [0.1, 0.15) is 17.6 Å². The predicted molar refractivity (Wildman–Crippen MR) is 98.6 cm³/mol. The molecule has 0 saturated heterocycles. The number of anilines is 1. The molecule has 0 radical (unpaired) electrons. The quantitative estimate of drug-likeness (QED) is 0.727. The normalized spacial score (nSPS) is 11.4. The fourth-order valence-electron chi connectivity index (χ4n) is 2.20. The van der Waals surface area contributed by atoms with E-state index in [0.717, 1.165) is 18.2 Å². The van der Waals surface area contributed by atoms with Gasteiger partial charge in [-0.25, -0.2) is 12.8 Å². The van der Waals surface area contributed by atoms with Crippen molar-refractivity contribution in [2.75, 3.05) is 26.1 Å². The van der Waals surface area contributed by atoms with E-state index in [4.69, 9.17) is 14.2 Å². The van der Waals surface area contributed by atoms with E-state index in [0.29, 0.717) is 17.1 Å². The van der Waals surface area contributed by atoms with Gasteiger partial charge in [0.25, 0.3) is 10.0 Å². The van der Waals surface area contributed by atoms with E-state index in [1.165, 1.54) is 45.6 Å². The molecular formula is C18H17FN2O5S. The Morgan fingerprint density at radius 3 is 2.11 bits per heavy atom. The Hall–Kier alpha value is -3.25. The third-order valence-corrected chi connectivity index (χ3v) is 4.81. The molecule has 0 aromatic heterocycles. The average molecular weight is 392 g/mol. The van der Waals surface area contributed by atoms with E-state index in [2.05, 4.69) is 4.72 Å². The minimum Gasteiger partial charge on any atom is -0.496 e. The monoisotopic (exact) mass is 392 g/mol. The average Bonchev–Trinajstić information content (AvgIpc) is 2.66. The van der Waals surface area contributed by atoms with E-state index in [-0.39, 0.29) is 11.4 Å². The molecule has 0 bridgehead atoms. The number of halogens is 1. The highest BCUT2D eigenvalue weighted by molar-refractivity contribution is 7.96. The zero-order valence-corrected chi connectivity index (χ0v) is 15.6. The molecular weight excluding hydrogens is 375 g/mol. The number of allylic oxidation sites excluding steroid dienone is 1. The third-order valence-electron chi connectivity index (χ3n) is 3.52. The molecule has 27 heavy (non-hydrogen) atoms. The SMILES string of the molecule is COc1cc(OC)c(OC)cc1/C=C(/C#N)S(=O)(=O)Nc1ccc(F)cc1. The van der Waals surface area contributed by atoms with Gasteiger partial charge in [-0.05, 0) is 36.4 Å². The van der Waals surface area contributed by atoms with Gasteiger partial charge >= 0.3 is 0 Å². The van der Waals surface area contributed by atoms with Crippen LogP contribution >= 0.6 is 0 Å². The summed E-state index contributed by atoms with van der Waals surface area (Å²) in [5.74, 6) is 0.504. The van der Waals surface area contributed by atoms with Crippen LogP contribution in [0.15, 0.2) is 41.3 Å². The third kappa shape index (κ3) is 4.68. The summed E-state index contributed by atoms with van der Waals surface area (Å²) in [5.41, 5.74) is 0.424. The standard InChI is InChI=1S/C18H17FN2O5S/c1-24-16-10-18(26-3)17(25-2)9-12(16)8-15(11-20)27(22,23)21-14-6-4-13(19)5-7-14/h4-10,21H,1-3H3/b15-8-. The summed E-state index contributed by atoms with van der Waals surface area (Å²) in [6, 6.07) is 9.35. The molecule has 0 heterocycles. The summed E-state index contributed by atoms with van der Waals surface area (Å²) in [6.07, 6.45) is 1.15. The first kappa shape index (κ1) is 20.1. The van der Waals surface area contributed by atoms with Crippen LogP contribution in [0.25, 0.3) is 6.08 Å². The number of ether oxygens (including phenoxy) is 3. The summed E-state index contributed by atoms with van der Waals surface area (Å²) in [7, 11) is 0.0773. The first-order valence-corrected chi connectivity index (χ1v) is 9.03. The van der Waals surface area contributed by atoms with Crippen molar-refractivity contribution in [3.05, 3.63) is 52.7 Å². The van der Waals surface area contributed by atoms with Crippen LogP contribution in [0.5, 0.6) is 17.2 Å². The van der Waals surface area contributed by atoms with Crippen molar-refractivity contribution in [1.82, 2.24) is 0 Å². The second-order valence-corrected chi connectivity index (χ2v) is 6.83. The highest BCUT2D eigenvalue weighted by atomic mass is 32.2. The van der Waals surface area contributed by atoms with Gasteiger partial charge < -0.3 is 14.2 Å². The number of hydrogen-bond acceptors (Lipinski definition) is 6. The molecule has 9 heteroatoms. The Morgan fingerprint density at radius 2 is 1.59 bits per heavy atom. The van der Waals surface area contributed by atoms with Crippen LogP contribution < -0.4 is 18.9 Å². The van der Waals surface area contributed by atoms with Crippen LogP contribution in [0.1, 0.15) is 5.56 Å². The lowest BCUT2D eigenvalue weighted by Crippen LogP contribution is -2.14. The van der Waals surface area contributed by atoms with Crippen molar-refractivity contribution in [3.8, 4) is 23.3 Å². The molecule has 0 unspecified atom stereocenters. The molecule has 0 saturated carbocycles. The van der Waals surface area contributed by atoms with Crippen molar-refractivity contribution in [2.24, 2.45) is 0 Å². The molecule has 7 nitrogen and oxygen atoms in total. The van der Waals surface area contributed by atoms with Gasteiger partial charge in [0.05, 0.1) is 21.3 Å². The number of benzene rings is 2. The summed E-state index contributed by atoms with van der Waals surface area (Å²) in [6.45, 7) is 0. The van der Waals surface area contributed by atoms with E-state index in [1.807, 2.05) is 0 Å². The molecule has 2 aromatic carbocycles. The largest absolute Gasteiger partial charge is 0.496 e. The number of rotatable bonds is 7. The predicted octanol–water partition coefficient (Wildman–Crippen LogP) is 3.16. The van der Waals surface area contributed by atoms with E-state index in [1.54, 1.807) is 6.07 Å². The number of hydrogen-bond donors (Lipinski definition) is 1. The van der Waals surface area contributed by atoms with Crippen LogP contribution in [-0.2, 0) is 10.0 Å². The van der Waals surface area contributed by atoms with E-state index < -0.39 is 20.7 Å². The fraction of sp³-hybridized carbons (Fsp3) is 0.167. The van der Waals surface area contributed by atoms with Gasteiger partial charge in [-0.1, -0.05) is 0 Å². The van der Waals surface area contributed by atoms with Crippen molar-refractivity contribution in [2.45, 2.75) is 0 Å². The molecule has 2 aromatic rings. The number of nitriles is 1. The lowest BCUT2D eigenvalue weighted by Gasteiger charge is -2.13. The van der Waals surface area contributed by atoms with Crippen LogP contribution in [0.4, 0.5) is 10.1 Å². The van der Waals surface area contributed by atoms with Crippen LogP contribution in [0.2, 0.25) is 0 Å². The van der Waals surface area contributed by atoms with Gasteiger partial charge in [-0.2, -0.15) is 5.26 Å². The molecule has 0 aliphatic rings. The first-order valence-electron chi connectivity index (χ1n) is 7.54. The number of methoxy groups -OCH3 is 3. The Kier molecular flexibility index (Phi) is 6.26. The van der Waals surface area contributed by atoms with Crippen molar-refractivity contribution in [1.29, 1.82) is 5.26 Å². The van der Waals surface area contributed by atoms with E-state index in [9.17, 15) is 18.1 Å². The molecule has 1 N–H and O–H groups in total. The second kappa shape index (κ2) is 8.42. The Labute approximate surface area is 156 Å². The van der Waals surface area contributed by atoms with Crippen molar-refractivity contribution >= 4 is 21.8 Å². The zero-order valence-electron chi connectivity index (χ0n) is 14.8. The summed E-state index contributed by atoms with van der Waals surface area (Å²) >= 11 is 0. The highest BCUT2D eigenvalue weighted by Crippen LogP contribution is 2.36. The van der Waals surface area contributed by atoms with Gasteiger partial charge in [-0.15, -0.1) is 0 Å². The van der Waals surface area contributed by atoms with Crippen molar-refractivity contribution < 1.29 is 27.0 Å². The van der Waals surface area contributed by atoms with Gasteiger partial charge in [0.2, 0.25) is 0 Å². The molecule has 2 rings (SSSR count). The molecule has 142 valence electrons. The number of nitrogens with zero attached hydrogens (tertiary/aromatic N) is 1. The minimum atomic E-state index is -4.20. The van der Waals surface area contributed by atoms with Crippen LogP contribution in [-0.4, -0.2) is 29.7 Å². The van der Waals surface area contributed by atoms with Gasteiger partial charge in [0, 0.05) is 17.3 Å². The van der Waals surface area contributed by atoms with Crippen molar-refractivity contribution in [3.63, 3.8) is 0 Å². The van der Waals surface area contributed by atoms with Gasteiger partial charge in [-0.3, -0.25) is 4.72 Å². The summed E-state index contributed by atoms with van der Waals surface area (Å²) in [4.78, 5) is -0.558. The lowest BCUT2D eigenvalue weighted by atomic mass is 10.1. The molecule has 0 spiro atoms. The zero-order chi connectivity index (χ0) is 20.0. The summed E-state index contributed by atoms with van der Waals surface area (Å²) in [5, 5.41) is 9.34. The molecule has 0 atom stereocenters. The first-order chi connectivity index (χ1) is 12.8. The Balaban J connectivity index is 2.48. The topological polar surface area (TPSA) is 97.7 Å². The lowest BCUT2D eigenvalue weighted by molar-refractivity contribution is 0.348. The van der Waals surface area contributed by atoms with E-state index >= 15 is 0 Å². The van der Waals surface area contributed by atoms with Crippen LogP contribution in [0, 0.1) is 17.1 Å². The van der Waals surface area contributed by atoms with Crippen LogP contribution in [0.3, 0.4) is 0 Å². The Morgan fingerprint density at radius 1 is 1.04 bits per heavy atom. The molecule has 0 aliphatic carbocycles. The maximum Gasteiger partial charge on any atom is 0.272 e. The second-order valence-electron chi connectivity index (χ2n) is 5.18. The minimum absolute atomic E-state index is 0.122. The molecule has 0 fully saturated rings. The molecule has 0 amide bonds.